The minimum atomic E-state index is 0.140. The highest BCUT2D eigenvalue weighted by molar-refractivity contribution is 5.98. The smallest absolute Gasteiger partial charge is 0.167 e. The number of nitrogens with zero attached hydrogens (tertiary/aromatic N) is 2. The molecule has 0 bridgehead atoms. The Kier molecular flexibility index (Phi) is 3.68. The number of rotatable bonds is 3. The van der Waals surface area contributed by atoms with Crippen LogP contribution in [0, 0.1) is 25.7 Å². The fourth-order valence-electron chi connectivity index (χ4n) is 1.60. The second kappa shape index (κ2) is 4.79. The van der Waals surface area contributed by atoms with Gasteiger partial charge in [-0.05, 0) is 20.8 Å². The van der Waals surface area contributed by atoms with Crippen molar-refractivity contribution in [1.82, 2.24) is 9.78 Å². The summed E-state index contributed by atoms with van der Waals surface area (Å²) in [6, 6.07) is 0. The van der Waals surface area contributed by atoms with Gasteiger partial charge >= 0.3 is 0 Å². The number of aromatic nitrogens is 2. The van der Waals surface area contributed by atoms with Gasteiger partial charge in [-0.15, -0.1) is 11.8 Å². The van der Waals surface area contributed by atoms with Crippen molar-refractivity contribution in [3.63, 3.8) is 0 Å². The number of carbonyl (C=O) groups is 1. The van der Waals surface area contributed by atoms with Crippen molar-refractivity contribution in [2.75, 3.05) is 0 Å². The SMILES string of the molecule is CC#CCCC(=O)c1c(C)nn(C)c1C. The zero-order valence-corrected chi connectivity index (χ0v) is 9.72. The van der Waals surface area contributed by atoms with E-state index < -0.39 is 0 Å². The molecule has 1 heterocycles. The van der Waals surface area contributed by atoms with Crippen LogP contribution in [0.2, 0.25) is 0 Å². The van der Waals surface area contributed by atoms with E-state index in [4.69, 9.17) is 0 Å². The largest absolute Gasteiger partial charge is 0.294 e. The molecule has 0 N–H and O–H groups in total. The first-order valence-electron chi connectivity index (χ1n) is 5.01. The molecule has 0 aliphatic rings. The summed E-state index contributed by atoms with van der Waals surface area (Å²) in [7, 11) is 1.85. The van der Waals surface area contributed by atoms with Crippen molar-refractivity contribution >= 4 is 5.78 Å². The van der Waals surface area contributed by atoms with Crippen LogP contribution < -0.4 is 0 Å². The Morgan fingerprint density at radius 1 is 1.47 bits per heavy atom. The predicted molar refractivity (Wildman–Crippen MR) is 59.7 cm³/mol. The van der Waals surface area contributed by atoms with Gasteiger partial charge in [0, 0.05) is 25.6 Å². The predicted octanol–water partition coefficient (Wildman–Crippen LogP) is 2.02. The number of carbonyl (C=O) groups excluding carboxylic acids is 1. The molecule has 0 amide bonds. The van der Waals surface area contributed by atoms with E-state index in [1.807, 2.05) is 20.9 Å². The first kappa shape index (κ1) is 11.5. The van der Waals surface area contributed by atoms with E-state index in [-0.39, 0.29) is 5.78 Å². The van der Waals surface area contributed by atoms with Crippen LogP contribution in [-0.4, -0.2) is 15.6 Å². The summed E-state index contributed by atoms with van der Waals surface area (Å²) < 4.78 is 1.74. The van der Waals surface area contributed by atoms with Gasteiger partial charge in [-0.1, -0.05) is 0 Å². The quantitative estimate of drug-likeness (QED) is 0.557. The molecule has 0 aliphatic heterocycles. The Balaban J connectivity index is 2.85. The van der Waals surface area contributed by atoms with Crippen molar-refractivity contribution < 1.29 is 4.79 Å². The standard InChI is InChI=1S/C12H16N2O/c1-5-6-7-8-11(15)12-9(2)13-14(4)10(12)3/h7-8H2,1-4H3. The average molecular weight is 204 g/mol. The van der Waals surface area contributed by atoms with E-state index in [9.17, 15) is 4.79 Å². The highest BCUT2D eigenvalue weighted by Crippen LogP contribution is 2.14. The Labute approximate surface area is 90.5 Å². The van der Waals surface area contributed by atoms with E-state index in [0.29, 0.717) is 12.8 Å². The van der Waals surface area contributed by atoms with Gasteiger partial charge in [0.2, 0.25) is 0 Å². The van der Waals surface area contributed by atoms with Crippen LogP contribution in [0.3, 0.4) is 0 Å². The molecule has 3 heteroatoms. The lowest BCUT2D eigenvalue weighted by Crippen LogP contribution is -2.02. The van der Waals surface area contributed by atoms with E-state index >= 15 is 0 Å². The summed E-state index contributed by atoms with van der Waals surface area (Å²) in [5.41, 5.74) is 2.50. The molecule has 0 spiro atoms. The van der Waals surface area contributed by atoms with Crippen molar-refractivity contribution in [1.29, 1.82) is 0 Å². The molecule has 1 aromatic rings. The van der Waals surface area contributed by atoms with Crippen molar-refractivity contribution in [3.05, 3.63) is 17.0 Å². The molecule has 0 radical (unpaired) electrons. The number of hydrogen-bond donors (Lipinski definition) is 0. The highest BCUT2D eigenvalue weighted by atomic mass is 16.1. The second-order valence-corrected chi connectivity index (χ2v) is 3.52. The van der Waals surface area contributed by atoms with Gasteiger partial charge in [-0.2, -0.15) is 5.10 Å². The van der Waals surface area contributed by atoms with Crippen LogP contribution in [0.15, 0.2) is 0 Å². The molecule has 0 aliphatic carbocycles. The van der Waals surface area contributed by atoms with Gasteiger partial charge in [-0.25, -0.2) is 0 Å². The Bertz CT molecular complexity index is 432. The first-order valence-corrected chi connectivity index (χ1v) is 5.01. The van der Waals surface area contributed by atoms with E-state index in [1.54, 1.807) is 11.6 Å². The average Bonchev–Trinajstić information content (AvgIpc) is 2.41. The monoisotopic (exact) mass is 204 g/mol. The second-order valence-electron chi connectivity index (χ2n) is 3.52. The van der Waals surface area contributed by atoms with Gasteiger partial charge in [0.1, 0.15) is 0 Å². The lowest BCUT2D eigenvalue weighted by atomic mass is 10.1. The molecule has 80 valence electrons. The minimum absolute atomic E-state index is 0.140. The van der Waals surface area contributed by atoms with Crippen LogP contribution in [0.5, 0.6) is 0 Å². The third-order valence-corrected chi connectivity index (χ3v) is 2.44. The number of Topliss-reactive ketones (excluding diaryl/α,β-unsaturated/α-hetero) is 1. The molecule has 1 rings (SSSR count). The molecule has 1 aromatic heterocycles. The van der Waals surface area contributed by atoms with Crippen LogP contribution in [0.1, 0.15) is 41.5 Å². The summed E-state index contributed by atoms with van der Waals surface area (Å²) >= 11 is 0. The summed E-state index contributed by atoms with van der Waals surface area (Å²) in [6.45, 7) is 5.56. The maximum atomic E-state index is 11.9. The normalized spacial score (nSPS) is 9.60. The summed E-state index contributed by atoms with van der Waals surface area (Å²) in [5.74, 6) is 5.82. The Morgan fingerprint density at radius 2 is 2.13 bits per heavy atom. The molecule has 0 saturated carbocycles. The lowest BCUT2D eigenvalue weighted by Gasteiger charge is -1.98. The maximum Gasteiger partial charge on any atom is 0.167 e. The van der Waals surface area contributed by atoms with Crippen molar-refractivity contribution in [3.8, 4) is 11.8 Å². The molecule has 3 nitrogen and oxygen atoms in total. The lowest BCUT2D eigenvalue weighted by molar-refractivity contribution is 0.0983. The van der Waals surface area contributed by atoms with Gasteiger partial charge < -0.3 is 0 Å². The van der Waals surface area contributed by atoms with Crippen molar-refractivity contribution in [2.24, 2.45) is 7.05 Å². The van der Waals surface area contributed by atoms with E-state index in [0.717, 1.165) is 17.0 Å². The zero-order chi connectivity index (χ0) is 11.4. The minimum Gasteiger partial charge on any atom is -0.294 e. The Hall–Kier alpha value is -1.56. The third kappa shape index (κ3) is 2.47. The van der Waals surface area contributed by atoms with Gasteiger partial charge in [0.25, 0.3) is 0 Å². The number of hydrogen-bond acceptors (Lipinski definition) is 2. The molecule has 0 unspecified atom stereocenters. The molecule has 0 saturated heterocycles. The van der Waals surface area contributed by atoms with E-state index in [2.05, 4.69) is 16.9 Å². The molecule has 15 heavy (non-hydrogen) atoms. The fraction of sp³-hybridized carbons (Fsp3) is 0.500. The first-order chi connectivity index (χ1) is 7.07. The van der Waals surface area contributed by atoms with Crippen LogP contribution in [0.4, 0.5) is 0 Å². The third-order valence-electron chi connectivity index (χ3n) is 2.44. The Morgan fingerprint density at radius 3 is 2.60 bits per heavy atom. The topological polar surface area (TPSA) is 34.9 Å². The molecule has 0 fully saturated rings. The molecule has 0 atom stereocenters. The summed E-state index contributed by atoms with van der Waals surface area (Å²) in [4.78, 5) is 11.9. The maximum absolute atomic E-state index is 11.9. The van der Waals surface area contributed by atoms with Crippen LogP contribution in [0.25, 0.3) is 0 Å². The fourth-order valence-corrected chi connectivity index (χ4v) is 1.60. The van der Waals surface area contributed by atoms with Crippen molar-refractivity contribution in [2.45, 2.75) is 33.6 Å². The van der Waals surface area contributed by atoms with E-state index in [1.165, 1.54) is 0 Å². The number of ketones is 1. The van der Waals surface area contributed by atoms with Gasteiger partial charge in [0.15, 0.2) is 5.78 Å². The van der Waals surface area contributed by atoms with Crippen LogP contribution >= 0.6 is 0 Å². The van der Waals surface area contributed by atoms with Crippen LogP contribution in [-0.2, 0) is 7.05 Å². The highest BCUT2D eigenvalue weighted by Gasteiger charge is 2.16. The molecular formula is C12H16N2O. The summed E-state index contributed by atoms with van der Waals surface area (Å²) in [6.07, 6.45) is 1.11. The van der Waals surface area contributed by atoms with Gasteiger partial charge in [-0.3, -0.25) is 9.48 Å². The summed E-state index contributed by atoms with van der Waals surface area (Å²) in [5, 5.41) is 4.22. The van der Waals surface area contributed by atoms with Gasteiger partial charge in [0.05, 0.1) is 11.3 Å². The molecule has 0 aromatic carbocycles. The zero-order valence-electron chi connectivity index (χ0n) is 9.72. The number of aryl methyl sites for hydroxylation is 2. The molecular weight excluding hydrogens is 188 g/mol.